The van der Waals surface area contributed by atoms with Gasteiger partial charge < -0.3 is 10.1 Å². The summed E-state index contributed by atoms with van der Waals surface area (Å²) >= 11 is 0. The number of para-hydroxylation sites is 1. The highest BCUT2D eigenvalue weighted by Gasteiger charge is 2.11. The maximum Gasteiger partial charge on any atom is 0.340 e. The zero-order chi connectivity index (χ0) is 12.8. The van der Waals surface area contributed by atoms with Crippen molar-refractivity contribution in [3.63, 3.8) is 0 Å². The van der Waals surface area contributed by atoms with E-state index in [-0.39, 0.29) is 12.6 Å². The normalized spacial score (nSPS) is 9.83. The molecule has 4 nitrogen and oxygen atoms in total. The molecule has 0 saturated heterocycles. The molecule has 4 heteroatoms. The Labute approximate surface area is 106 Å². The van der Waals surface area contributed by atoms with E-state index in [4.69, 9.17) is 4.74 Å². The van der Waals surface area contributed by atoms with Gasteiger partial charge in [-0.25, -0.2) is 4.79 Å². The Morgan fingerprint density at radius 3 is 2.72 bits per heavy atom. The fourth-order valence-electron chi connectivity index (χ4n) is 1.58. The van der Waals surface area contributed by atoms with Gasteiger partial charge in [-0.3, -0.25) is 4.98 Å². The summed E-state index contributed by atoms with van der Waals surface area (Å²) in [5.41, 5.74) is 2.01. The van der Waals surface area contributed by atoms with Crippen LogP contribution in [0.4, 0.5) is 5.69 Å². The van der Waals surface area contributed by atoms with Crippen LogP contribution in [0, 0.1) is 0 Å². The van der Waals surface area contributed by atoms with Crippen molar-refractivity contribution >= 4 is 11.7 Å². The topological polar surface area (TPSA) is 51.2 Å². The molecular formula is C14H14N2O2. The van der Waals surface area contributed by atoms with Gasteiger partial charge >= 0.3 is 5.97 Å². The number of hydrogen-bond acceptors (Lipinski definition) is 4. The van der Waals surface area contributed by atoms with Crippen LogP contribution in [0.2, 0.25) is 0 Å². The van der Waals surface area contributed by atoms with E-state index in [0.29, 0.717) is 5.56 Å². The average molecular weight is 242 g/mol. The molecule has 0 aliphatic heterocycles. The minimum Gasteiger partial charge on any atom is -0.456 e. The molecule has 1 heterocycles. The Morgan fingerprint density at radius 2 is 2.00 bits per heavy atom. The number of esters is 1. The molecule has 1 aromatic heterocycles. The van der Waals surface area contributed by atoms with Crippen LogP contribution in [0.3, 0.4) is 0 Å². The van der Waals surface area contributed by atoms with Crippen molar-refractivity contribution in [2.45, 2.75) is 6.61 Å². The summed E-state index contributed by atoms with van der Waals surface area (Å²) in [4.78, 5) is 16.0. The first-order valence-electron chi connectivity index (χ1n) is 5.65. The number of aromatic nitrogens is 1. The number of benzene rings is 1. The smallest absolute Gasteiger partial charge is 0.340 e. The van der Waals surface area contributed by atoms with Gasteiger partial charge in [-0.05, 0) is 24.3 Å². The van der Waals surface area contributed by atoms with E-state index in [9.17, 15) is 4.79 Å². The van der Waals surface area contributed by atoms with Crippen molar-refractivity contribution in [1.29, 1.82) is 0 Å². The molecule has 2 rings (SSSR count). The first-order valence-corrected chi connectivity index (χ1v) is 5.65. The summed E-state index contributed by atoms with van der Waals surface area (Å²) in [5, 5.41) is 2.96. The van der Waals surface area contributed by atoms with Gasteiger partial charge in [0.1, 0.15) is 6.61 Å². The number of hydrogen-bond donors (Lipinski definition) is 1. The number of anilines is 1. The molecule has 18 heavy (non-hydrogen) atoms. The molecule has 2 aromatic rings. The van der Waals surface area contributed by atoms with Crippen molar-refractivity contribution in [1.82, 2.24) is 4.98 Å². The van der Waals surface area contributed by atoms with E-state index in [2.05, 4.69) is 10.3 Å². The summed E-state index contributed by atoms with van der Waals surface area (Å²) in [5.74, 6) is -0.356. The molecule has 0 radical (unpaired) electrons. The van der Waals surface area contributed by atoms with Gasteiger partial charge in [-0.1, -0.05) is 18.2 Å². The quantitative estimate of drug-likeness (QED) is 0.837. The van der Waals surface area contributed by atoms with Crippen LogP contribution >= 0.6 is 0 Å². The maximum atomic E-state index is 11.9. The Hall–Kier alpha value is -2.36. The fourth-order valence-corrected chi connectivity index (χ4v) is 1.58. The Morgan fingerprint density at radius 1 is 1.22 bits per heavy atom. The summed E-state index contributed by atoms with van der Waals surface area (Å²) in [6.07, 6.45) is 1.67. The second-order valence-corrected chi connectivity index (χ2v) is 3.69. The second-order valence-electron chi connectivity index (χ2n) is 3.69. The van der Waals surface area contributed by atoms with Gasteiger partial charge in [0.15, 0.2) is 0 Å². The lowest BCUT2D eigenvalue weighted by atomic mass is 10.2. The molecule has 0 aliphatic rings. The number of carbonyl (C=O) groups is 1. The molecule has 0 atom stereocenters. The SMILES string of the molecule is CNc1ccccc1C(=O)OCc1ccccn1. The van der Waals surface area contributed by atoms with Gasteiger partial charge in [-0.15, -0.1) is 0 Å². The van der Waals surface area contributed by atoms with Crippen LogP contribution in [0.1, 0.15) is 16.1 Å². The molecule has 0 fully saturated rings. The Bertz CT molecular complexity index is 526. The summed E-state index contributed by atoms with van der Waals surface area (Å²) in [6, 6.07) is 12.7. The Kier molecular flexibility index (Phi) is 3.91. The number of ether oxygens (including phenoxy) is 1. The van der Waals surface area contributed by atoms with Crippen molar-refractivity contribution in [3.05, 3.63) is 59.9 Å². The molecule has 0 amide bonds. The predicted octanol–water partition coefficient (Wildman–Crippen LogP) is 2.48. The van der Waals surface area contributed by atoms with Crippen LogP contribution < -0.4 is 5.32 Å². The molecule has 92 valence electrons. The third-order valence-electron chi connectivity index (χ3n) is 2.49. The molecule has 0 bridgehead atoms. The maximum absolute atomic E-state index is 11.9. The molecule has 0 unspecified atom stereocenters. The zero-order valence-corrected chi connectivity index (χ0v) is 10.1. The van der Waals surface area contributed by atoms with E-state index in [1.165, 1.54) is 0 Å². The third-order valence-corrected chi connectivity index (χ3v) is 2.49. The monoisotopic (exact) mass is 242 g/mol. The zero-order valence-electron chi connectivity index (χ0n) is 10.1. The molecule has 0 aliphatic carbocycles. The number of carbonyl (C=O) groups excluding carboxylic acids is 1. The first-order chi connectivity index (χ1) is 8.81. The van der Waals surface area contributed by atoms with E-state index in [0.717, 1.165) is 11.4 Å². The average Bonchev–Trinajstić information content (AvgIpc) is 2.45. The van der Waals surface area contributed by atoms with Gasteiger partial charge in [0, 0.05) is 18.9 Å². The van der Waals surface area contributed by atoms with Crippen LogP contribution in [0.15, 0.2) is 48.7 Å². The van der Waals surface area contributed by atoms with Gasteiger partial charge in [-0.2, -0.15) is 0 Å². The lowest BCUT2D eigenvalue weighted by Crippen LogP contribution is -2.08. The first kappa shape index (κ1) is 12.1. The van der Waals surface area contributed by atoms with Crippen molar-refractivity contribution in [3.8, 4) is 0 Å². The van der Waals surface area contributed by atoms with E-state index < -0.39 is 0 Å². The van der Waals surface area contributed by atoms with Crippen molar-refractivity contribution < 1.29 is 9.53 Å². The van der Waals surface area contributed by atoms with Crippen molar-refractivity contribution in [2.24, 2.45) is 0 Å². The molecule has 0 saturated carbocycles. The Balaban J connectivity index is 2.04. The minimum atomic E-state index is -0.356. The van der Waals surface area contributed by atoms with Gasteiger partial charge in [0.2, 0.25) is 0 Å². The predicted molar refractivity (Wildman–Crippen MR) is 69.3 cm³/mol. The highest BCUT2D eigenvalue weighted by Crippen LogP contribution is 2.15. The highest BCUT2D eigenvalue weighted by molar-refractivity contribution is 5.95. The van der Waals surface area contributed by atoms with Gasteiger partial charge in [0.25, 0.3) is 0 Å². The molecular weight excluding hydrogens is 228 g/mol. The van der Waals surface area contributed by atoms with Crippen LogP contribution in [-0.4, -0.2) is 18.0 Å². The van der Waals surface area contributed by atoms with E-state index in [1.54, 1.807) is 25.4 Å². The highest BCUT2D eigenvalue weighted by atomic mass is 16.5. The minimum absolute atomic E-state index is 0.178. The molecule has 0 spiro atoms. The van der Waals surface area contributed by atoms with Crippen LogP contribution in [0.5, 0.6) is 0 Å². The summed E-state index contributed by atoms with van der Waals surface area (Å²) in [7, 11) is 1.77. The third kappa shape index (κ3) is 2.85. The number of nitrogens with one attached hydrogen (secondary N) is 1. The molecule has 1 aromatic carbocycles. The number of pyridine rings is 1. The van der Waals surface area contributed by atoms with E-state index >= 15 is 0 Å². The number of nitrogens with zero attached hydrogens (tertiary/aromatic N) is 1. The summed E-state index contributed by atoms with van der Waals surface area (Å²) in [6.45, 7) is 0.178. The second kappa shape index (κ2) is 5.82. The fraction of sp³-hybridized carbons (Fsp3) is 0.143. The number of rotatable bonds is 4. The largest absolute Gasteiger partial charge is 0.456 e. The summed E-state index contributed by atoms with van der Waals surface area (Å²) < 4.78 is 5.22. The van der Waals surface area contributed by atoms with Crippen LogP contribution in [-0.2, 0) is 11.3 Å². The van der Waals surface area contributed by atoms with Gasteiger partial charge in [0.05, 0.1) is 11.3 Å². The standard InChI is InChI=1S/C14H14N2O2/c1-15-13-8-3-2-7-12(13)14(17)18-10-11-6-4-5-9-16-11/h2-9,15H,10H2,1H3. The van der Waals surface area contributed by atoms with Crippen molar-refractivity contribution in [2.75, 3.05) is 12.4 Å². The van der Waals surface area contributed by atoms with Crippen LogP contribution in [0.25, 0.3) is 0 Å². The molecule has 1 N–H and O–H groups in total. The van der Waals surface area contributed by atoms with E-state index in [1.807, 2.05) is 30.3 Å². The lowest BCUT2D eigenvalue weighted by molar-refractivity contribution is 0.0469. The lowest BCUT2D eigenvalue weighted by Gasteiger charge is -2.08.